The van der Waals surface area contributed by atoms with Crippen molar-refractivity contribution in [3.05, 3.63) is 93.6 Å². The second kappa shape index (κ2) is 11.0. The SMILES string of the molecule is CCOc1cc(/C=C2\N=C(c3ccc(NC(C)=O)cc3)OC2=O)ccc1OCc1ccc(Br)cc1. The highest BCUT2D eigenvalue weighted by Gasteiger charge is 2.24. The molecule has 0 spiro atoms. The number of aliphatic imine (C=N–C) groups is 1. The maximum Gasteiger partial charge on any atom is 0.363 e. The molecule has 0 fully saturated rings. The third kappa shape index (κ3) is 6.36. The molecule has 8 heteroatoms. The van der Waals surface area contributed by atoms with Crippen LogP contribution in [0.1, 0.15) is 30.5 Å². The number of nitrogens with zero attached hydrogens (tertiary/aromatic N) is 1. The van der Waals surface area contributed by atoms with E-state index >= 15 is 0 Å². The van der Waals surface area contributed by atoms with E-state index in [0.717, 1.165) is 15.6 Å². The van der Waals surface area contributed by atoms with Crippen LogP contribution in [0.25, 0.3) is 6.08 Å². The standard InChI is InChI=1S/C27H23BrN2O5/c1-3-33-25-15-19(6-13-24(25)34-16-18-4-9-21(28)10-5-18)14-23-27(32)35-26(30-23)20-7-11-22(12-8-20)29-17(2)31/h4-15H,3,16H2,1-2H3,(H,29,31)/b23-14-. The lowest BCUT2D eigenvalue weighted by Crippen LogP contribution is -2.07. The minimum atomic E-state index is -0.542. The number of cyclic esters (lactones) is 1. The Bertz CT molecular complexity index is 1300. The van der Waals surface area contributed by atoms with Crippen LogP contribution < -0.4 is 14.8 Å². The summed E-state index contributed by atoms with van der Waals surface area (Å²) in [6.07, 6.45) is 1.64. The third-order valence-electron chi connectivity index (χ3n) is 4.95. The molecule has 0 radical (unpaired) electrons. The van der Waals surface area contributed by atoms with Gasteiger partial charge in [-0.1, -0.05) is 34.1 Å². The van der Waals surface area contributed by atoms with Gasteiger partial charge in [-0.25, -0.2) is 9.79 Å². The summed E-state index contributed by atoms with van der Waals surface area (Å²) in [5.41, 5.74) is 3.21. The van der Waals surface area contributed by atoms with E-state index in [0.29, 0.717) is 36.0 Å². The van der Waals surface area contributed by atoms with Crippen LogP contribution in [0, 0.1) is 0 Å². The lowest BCUT2D eigenvalue weighted by atomic mass is 10.1. The zero-order valence-corrected chi connectivity index (χ0v) is 20.8. The molecular formula is C27H23BrN2O5. The smallest absolute Gasteiger partial charge is 0.363 e. The van der Waals surface area contributed by atoms with Gasteiger partial charge >= 0.3 is 5.97 Å². The van der Waals surface area contributed by atoms with Gasteiger partial charge in [-0.3, -0.25) is 4.79 Å². The highest BCUT2D eigenvalue weighted by atomic mass is 79.9. The quantitative estimate of drug-likeness (QED) is 0.294. The van der Waals surface area contributed by atoms with Gasteiger partial charge < -0.3 is 19.5 Å². The molecule has 0 aliphatic carbocycles. The van der Waals surface area contributed by atoms with E-state index in [4.69, 9.17) is 14.2 Å². The van der Waals surface area contributed by atoms with Gasteiger partial charge in [-0.15, -0.1) is 0 Å². The normalized spacial score (nSPS) is 13.9. The zero-order valence-electron chi connectivity index (χ0n) is 19.2. The van der Waals surface area contributed by atoms with E-state index in [1.165, 1.54) is 6.92 Å². The lowest BCUT2D eigenvalue weighted by molar-refractivity contribution is -0.129. The Morgan fingerprint density at radius 1 is 1.03 bits per heavy atom. The maximum absolute atomic E-state index is 12.4. The molecule has 0 atom stereocenters. The number of esters is 1. The van der Waals surface area contributed by atoms with E-state index in [9.17, 15) is 9.59 Å². The first kappa shape index (κ1) is 24.2. The van der Waals surface area contributed by atoms with Gasteiger partial charge in [0, 0.05) is 22.6 Å². The summed E-state index contributed by atoms with van der Waals surface area (Å²) in [5.74, 6) is 0.677. The maximum atomic E-state index is 12.4. The second-order valence-electron chi connectivity index (χ2n) is 7.65. The monoisotopic (exact) mass is 534 g/mol. The predicted molar refractivity (Wildman–Crippen MR) is 137 cm³/mol. The molecule has 1 N–H and O–H groups in total. The Hall–Kier alpha value is -3.91. The molecule has 1 aliphatic rings. The van der Waals surface area contributed by atoms with Crippen molar-refractivity contribution in [1.29, 1.82) is 0 Å². The molecule has 178 valence electrons. The molecule has 35 heavy (non-hydrogen) atoms. The summed E-state index contributed by atoms with van der Waals surface area (Å²) < 4.78 is 18.1. The average Bonchev–Trinajstić information content (AvgIpc) is 3.20. The summed E-state index contributed by atoms with van der Waals surface area (Å²) in [7, 11) is 0. The fourth-order valence-corrected chi connectivity index (χ4v) is 3.60. The molecule has 3 aromatic rings. The molecule has 0 saturated carbocycles. The second-order valence-corrected chi connectivity index (χ2v) is 8.56. The lowest BCUT2D eigenvalue weighted by Gasteiger charge is -2.13. The number of amides is 1. The van der Waals surface area contributed by atoms with E-state index in [-0.39, 0.29) is 17.5 Å². The highest BCUT2D eigenvalue weighted by Crippen LogP contribution is 2.31. The molecule has 0 aromatic heterocycles. The number of carbonyl (C=O) groups is 2. The topological polar surface area (TPSA) is 86.2 Å². The summed E-state index contributed by atoms with van der Waals surface area (Å²) in [5, 5.41) is 2.69. The number of hydrogen-bond donors (Lipinski definition) is 1. The van der Waals surface area contributed by atoms with Crippen molar-refractivity contribution in [2.24, 2.45) is 4.99 Å². The predicted octanol–water partition coefficient (Wildman–Crippen LogP) is 5.73. The molecule has 1 aliphatic heterocycles. The minimum Gasteiger partial charge on any atom is -0.490 e. The molecule has 7 nitrogen and oxygen atoms in total. The number of ether oxygens (including phenoxy) is 3. The first-order chi connectivity index (χ1) is 16.9. The van der Waals surface area contributed by atoms with Crippen molar-refractivity contribution in [2.75, 3.05) is 11.9 Å². The fraction of sp³-hybridized carbons (Fsp3) is 0.148. The van der Waals surface area contributed by atoms with Gasteiger partial charge in [0.05, 0.1) is 6.61 Å². The number of benzene rings is 3. The first-order valence-corrected chi connectivity index (χ1v) is 11.8. The number of halogens is 1. The van der Waals surface area contributed by atoms with Gasteiger partial charge in [0.2, 0.25) is 11.8 Å². The Balaban J connectivity index is 1.52. The number of anilines is 1. The Morgan fingerprint density at radius 3 is 2.46 bits per heavy atom. The summed E-state index contributed by atoms with van der Waals surface area (Å²) >= 11 is 3.43. The summed E-state index contributed by atoms with van der Waals surface area (Å²) in [6.45, 7) is 4.19. The minimum absolute atomic E-state index is 0.163. The number of rotatable bonds is 8. The highest BCUT2D eigenvalue weighted by molar-refractivity contribution is 9.10. The van der Waals surface area contributed by atoms with E-state index < -0.39 is 5.97 Å². The summed E-state index contributed by atoms with van der Waals surface area (Å²) in [6, 6.07) is 20.2. The Kier molecular flexibility index (Phi) is 7.62. The van der Waals surface area contributed by atoms with Crippen LogP contribution in [0.2, 0.25) is 0 Å². The van der Waals surface area contributed by atoms with E-state index in [1.54, 1.807) is 36.4 Å². The van der Waals surface area contributed by atoms with Crippen molar-refractivity contribution in [2.45, 2.75) is 20.5 Å². The number of hydrogen-bond acceptors (Lipinski definition) is 6. The molecule has 0 saturated heterocycles. The van der Waals surface area contributed by atoms with Crippen LogP contribution >= 0.6 is 15.9 Å². The van der Waals surface area contributed by atoms with Gasteiger partial charge in [0.25, 0.3) is 0 Å². The van der Waals surface area contributed by atoms with Crippen LogP contribution in [-0.4, -0.2) is 24.4 Å². The Labute approximate surface area is 211 Å². The van der Waals surface area contributed by atoms with Crippen LogP contribution in [0.4, 0.5) is 5.69 Å². The van der Waals surface area contributed by atoms with Crippen molar-refractivity contribution >= 4 is 45.5 Å². The van der Waals surface area contributed by atoms with Gasteiger partial charge in [0.15, 0.2) is 17.2 Å². The van der Waals surface area contributed by atoms with Gasteiger partial charge in [-0.05, 0) is 72.7 Å². The number of nitrogens with one attached hydrogen (secondary N) is 1. The molecule has 3 aromatic carbocycles. The van der Waals surface area contributed by atoms with E-state index in [2.05, 4.69) is 26.2 Å². The van der Waals surface area contributed by atoms with Crippen LogP contribution in [0.3, 0.4) is 0 Å². The van der Waals surface area contributed by atoms with Crippen molar-refractivity contribution in [1.82, 2.24) is 0 Å². The molecule has 1 amide bonds. The van der Waals surface area contributed by atoms with E-state index in [1.807, 2.05) is 43.3 Å². The largest absolute Gasteiger partial charge is 0.490 e. The van der Waals surface area contributed by atoms with Gasteiger partial charge in [0.1, 0.15) is 6.61 Å². The van der Waals surface area contributed by atoms with Crippen LogP contribution in [0.15, 0.2) is 81.9 Å². The van der Waals surface area contributed by atoms with Crippen molar-refractivity contribution in [3.63, 3.8) is 0 Å². The molecule has 1 heterocycles. The molecule has 0 unspecified atom stereocenters. The first-order valence-electron chi connectivity index (χ1n) is 11.0. The van der Waals surface area contributed by atoms with Crippen molar-refractivity contribution < 1.29 is 23.8 Å². The molecule has 4 rings (SSSR count). The fourth-order valence-electron chi connectivity index (χ4n) is 3.33. The summed E-state index contributed by atoms with van der Waals surface area (Å²) in [4.78, 5) is 27.9. The zero-order chi connectivity index (χ0) is 24.8. The molecule has 0 bridgehead atoms. The van der Waals surface area contributed by atoms with Crippen LogP contribution in [0.5, 0.6) is 11.5 Å². The number of carbonyl (C=O) groups excluding carboxylic acids is 2. The third-order valence-corrected chi connectivity index (χ3v) is 5.48. The molecular weight excluding hydrogens is 512 g/mol. The average molecular weight is 535 g/mol. The van der Waals surface area contributed by atoms with Gasteiger partial charge in [-0.2, -0.15) is 0 Å². The van der Waals surface area contributed by atoms with Crippen molar-refractivity contribution in [3.8, 4) is 11.5 Å². The van der Waals surface area contributed by atoms with Crippen LogP contribution in [-0.2, 0) is 20.9 Å². The Morgan fingerprint density at radius 2 is 1.77 bits per heavy atom.